The molecule has 0 radical (unpaired) electrons. The molecule has 1 aromatic heterocycles. The van der Waals surface area contributed by atoms with Crippen molar-refractivity contribution in [2.24, 2.45) is 0 Å². The van der Waals surface area contributed by atoms with Crippen molar-refractivity contribution >= 4 is 22.6 Å². The first-order valence-electron chi connectivity index (χ1n) is 8.06. The number of carbonyl (C=O) groups is 2. The van der Waals surface area contributed by atoms with Crippen LogP contribution in [0, 0.1) is 0 Å². The Labute approximate surface area is 146 Å². The van der Waals surface area contributed by atoms with E-state index in [2.05, 4.69) is 4.98 Å². The molecule has 5 nitrogen and oxygen atoms in total. The van der Waals surface area contributed by atoms with Crippen LogP contribution in [0.2, 0.25) is 0 Å². The lowest BCUT2D eigenvalue weighted by Gasteiger charge is -2.16. The van der Waals surface area contributed by atoms with Gasteiger partial charge in [-0.2, -0.15) is 0 Å². The molecular weight excluding hydrogens is 316 g/mol. The molecule has 0 aliphatic heterocycles. The molecule has 25 heavy (non-hydrogen) atoms. The van der Waals surface area contributed by atoms with Gasteiger partial charge in [-0.25, -0.2) is 0 Å². The van der Waals surface area contributed by atoms with Crippen molar-refractivity contribution < 1.29 is 14.3 Å². The standard InChI is InChI=1S/C20H20N2O3/c1-13(14-8-5-4-6-9-14)25-17-11-7-10-16-18(17)15(12-21-16)19(23)20(24)22(2)3/h4-13,21H,1-3H3. The summed E-state index contributed by atoms with van der Waals surface area (Å²) in [6.07, 6.45) is 1.38. The number of ketones is 1. The van der Waals surface area contributed by atoms with Gasteiger partial charge in [-0.05, 0) is 24.6 Å². The van der Waals surface area contributed by atoms with Gasteiger partial charge in [-0.15, -0.1) is 0 Å². The minimum atomic E-state index is -0.563. The van der Waals surface area contributed by atoms with Gasteiger partial charge in [0.05, 0.1) is 10.9 Å². The number of fused-ring (bicyclic) bond motifs is 1. The van der Waals surface area contributed by atoms with E-state index >= 15 is 0 Å². The highest BCUT2D eigenvalue weighted by Gasteiger charge is 2.24. The Balaban J connectivity index is 2.00. The smallest absolute Gasteiger partial charge is 0.294 e. The summed E-state index contributed by atoms with van der Waals surface area (Å²) in [5, 5.41) is 0.630. The first-order chi connectivity index (χ1) is 12.0. The van der Waals surface area contributed by atoms with Gasteiger partial charge in [-0.1, -0.05) is 36.4 Å². The van der Waals surface area contributed by atoms with Gasteiger partial charge in [0.2, 0.25) is 0 Å². The second-order valence-corrected chi connectivity index (χ2v) is 6.08. The molecule has 0 aliphatic rings. The van der Waals surface area contributed by atoms with E-state index in [-0.39, 0.29) is 6.10 Å². The first-order valence-corrected chi connectivity index (χ1v) is 8.06. The van der Waals surface area contributed by atoms with Crippen LogP contribution in [0.25, 0.3) is 10.9 Å². The maximum absolute atomic E-state index is 12.5. The van der Waals surface area contributed by atoms with Crippen molar-refractivity contribution in [3.05, 3.63) is 65.9 Å². The molecule has 0 saturated heterocycles. The molecule has 0 bridgehead atoms. The number of amides is 1. The topological polar surface area (TPSA) is 62.4 Å². The van der Waals surface area contributed by atoms with Crippen LogP contribution < -0.4 is 4.74 Å². The van der Waals surface area contributed by atoms with Gasteiger partial charge in [0.15, 0.2) is 0 Å². The number of carbonyl (C=O) groups excluding carboxylic acids is 2. The minimum absolute atomic E-state index is 0.186. The average Bonchev–Trinajstić information content (AvgIpc) is 3.06. The fourth-order valence-corrected chi connectivity index (χ4v) is 2.73. The molecule has 128 valence electrons. The van der Waals surface area contributed by atoms with E-state index < -0.39 is 11.7 Å². The van der Waals surface area contributed by atoms with Gasteiger partial charge >= 0.3 is 0 Å². The van der Waals surface area contributed by atoms with Crippen molar-refractivity contribution in [1.82, 2.24) is 9.88 Å². The quantitative estimate of drug-likeness (QED) is 0.572. The molecule has 1 heterocycles. The second kappa shape index (κ2) is 6.81. The highest BCUT2D eigenvalue weighted by Crippen LogP contribution is 2.32. The van der Waals surface area contributed by atoms with Gasteiger partial charge in [0, 0.05) is 25.8 Å². The Morgan fingerprint density at radius 3 is 2.44 bits per heavy atom. The SMILES string of the molecule is CC(Oc1cccc2[nH]cc(C(=O)C(=O)N(C)C)c12)c1ccccc1. The van der Waals surface area contributed by atoms with Crippen LogP contribution in [0.5, 0.6) is 5.75 Å². The lowest BCUT2D eigenvalue weighted by atomic mass is 10.1. The average molecular weight is 336 g/mol. The fraction of sp³-hybridized carbons (Fsp3) is 0.200. The lowest BCUT2D eigenvalue weighted by molar-refractivity contribution is -0.124. The Kier molecular flexibility index (Phi) is 4.57. The van der Waals surface area contributed by atoms with E-state index in [1.54, 1.807) is 20.3 Å². The van der Waals surface area contributed by atoms with E-state index in [9.17, 15) is 9.59 Å². The van der Waals surface area contributed by atoms with Crippen molar-refractivity contribution in [3.8, 4) is 5.75 Å². The maximum Gasteiger partial charge on any atom is 0.294 e. The molecule has 0 fully saturated rings. The van der Waals surface area contributed by atoms with E-state index in [1.807, 2.05) is 55.5 Å². The van der Waals surface area contributed by atoms with Gasteiger partial charge < -0.3 is 14.6 Å². The minimum Gasteiger partial charge on any atom is -0.485 e. The highest BCUT2D eigenvalue weighted by molar-refractivity contribution is 6.45. The van der Waals surface area contributed by atoms with Crippen molar-refractivity contribution in [2.45, 2.75) is 13.0 Å². The normalized spacial score (nSPS) is 12.0. The van der Waals surface area contributed by atoms with Crippen LogP contribution in [-0.2, 0) is 4.79 Å². The van der Waals surface area contributed by atoms with Gasteiger partial charge in [0.25, 0.3) is 11.7 Å². The number of aromatic nitrogens is 1. The monoisotopic (exact) mass is 336 g/mol. The highest BCUT2D eigenvalue weighted by atomic mass is 16.5. The zero-order valence-corrected chi connectivity index (χ0v) is 14.4. The zero-order chi connectivity index (χ0) is 18.0. The Morgan fingerprint density at radius 1 is 1.04 bits per heavy atom. The summed E-state index contributed by atoms with van der Waals surface area (Å²) in [6.45, 7) is 1.95. The Bertz CT molecular complexity index is 913. The number of ether oxygens (including phenoxy) is 1. The molecule has 1 amide bonds. The molecule has 1 N–H and O–H groups in total. The van der Waals surface area contributed by atoms with Gasteiger partial charge in [0.1, 0.15) is 11.9 Å². The summed E-state index contributed by atoms with van der Waals surface area (Å²) >= 11 is 0. The number of hydrogen-bond donors (Lipinski definition) is 1. The van der Waals surface area contributed by atoms with Crippen LogP contribution in [0.4, 0.5) is 0 Å². The Hall–Kier alpha value is -3.08. The summed E-state index contributed by atoms with van der Waals surface area (Å²) in [5.74, 6) is -0.545. The second-order valence-electron chi connectivity index (χ2n) is 6.08. The van der Waals surface area contributed by atoms with Crippen LogP contribution in [0.1, 0.15) is 28.9 Å². The van der Waals surface area contributed by atoms with Crippen molar-refractivity contribution in [3.63, 3.8) is 0 Å². The molecule has 0 saturated carbocycles. The number of hydrogen-bond acceptors (Lipinski definition) is 3. The predicted molar refractivity (Wildman–Crippen MR) is 96.8 cm³/mol. The molecule has 5 heteroatoms. The van der Waals surface area contributed by atoms with Crippen LogP contribution in [-0.4, -0.2) is 35.7 Å². The molecule has 3 rings (SSSR count). The molecular formula is C20H20N2O3. The lowest BCUT2D eigenvalue weighted by Crippen LogP contribution is -2.29. The summed E-state index contributed by atoms with van der Waals surface area (Å²) in [5.41, 5.74) is 2.12. The summed E-state index contributed by atoms with van der Waals surface area (Å²) < 4.78 is 6.11. The summed E-state index contributed by atoms with van der Waals surface area (Å²) in [6, 6.07) is 15.4. The molecule has 0 spiro atoms. The third-order valence-corrected chi connectivity index (χ3v) is 4.09. The fourth-order valence-electron chi connectivity index (χ4n) is 2.73. The first kappa shape index (κ1) is 16.8. The summed E-state index contributed by atoms with van der Waals surface area (Å²) in [7, 11) is 3.12. The number of nitrogens with one attached hydrogen (secondary N) is 1. The predicted octanol–water partition coefficient (Wildman–Crippen LogP) is 3.58. The molecule has 1 unspecified atom stereocenters. The van der Waals surface area contributed by atoms with Gasteiger partial charge in [-0.3, -0.25) is 9.59 Å². The van der Waals surface area contributed by atoms with E-state index in [0.29, 0.717) is 16.7 Å². The summed E-state index contributed by atoms with van der Waals surface area (Å²) in [4.78, 5) is 28.9. The number of aromatic amines is 1. The zero-order valence-electron chi connectivity index (χ0n) is 14.4. The number of rotatable bonds is 5. The molecule has 2 aromatic carbocycles. The number of benzene rings is 2. The van der Waals surface area contributed by atoms with Crippen molar-refractivity contribution in [1.29, 1.82) is 0 Å². The largest absolute Gasteiger partial charge is 0.485 e. The number of Topliss-reactive ketones (excluding diaryl/α,β-unsaturated/α-hetero) is 1. The molecule has 3 aromatic rings. The molecule has 1 atom stereocenters. The van der Waals surface area contributed by atoms with E-state index in [4.69, 9.17) is 4.74 Å². The van der Waals surface area contributed by atoms with Crippen LogP contribution >= 0.6 is 0 Å². The van der Waals surface area contributed by atoms with Crippen LogP contribution in [0.15, 0.2) is 54.7 Å². The molecule has 0 aliphatic carbocycles. The number of nitrogens with zero attached hydrogens (tertiary/aromatic N) is 1. The van der Waals surface area contributed by atoms with E-state index in [0.717, 1.165) is 11.1 Å². The van der Waals surface area contributed by atoms with E-state index in [1.165, 1.54) is 4.90 Å². The third-order valence-electron chi connectivity index (χ3n) is 4.09. The third kappa shape index (κ3) is 3.26. The Morgan fingerprint density at radius 2 is 1.76 bits per heavy atom. The number of likely N-dealkylation sites (N-methyl/N-ethyl adjacent to an activating group) is 1. The number of H-pyrrole nitrogens is 1. The van der Waals surface area contributed by atoms with Crippen molar-refractivity contribution in [2.75, 3.05) is 14.1 Å². The van der Waals surface area contributed by atoms with Crippen LogP contribution in [0.3, 0.4) is 0 Å². The maximum atomic E-state index is 12.5.